The average molecular weight is 405 g/mol. The lowest BCUT2D eigenvalue weighted by atomic mass is 9.88. The molecule has 29 heavy (non-hydrogen) atoms. The Labute approximate surface area is 176 Å². The standard InChI is InChI=1S/C25H40O4/c1-25(28,19-17-20-10-7-8-11-20)18-9-12-21-15-16-23(26)22(21)13-5-3-4-6-14-24(27)29-2/h9-10,12,21-22,28H,3-8,11,13-19H2,1-2H3/b12-9+/t21?,22-,25?/m1/s1. The van der Waals surface area contributed by atoms with E-state index in [-0.39, 0.29) is 11.9 Å². The van der Waals surface area contributed by atoms with Crippen molar-refractivity contribution in [1.82, 2.24) is 0 Å². The summed E-state index contributed by atoms with van der Waals surface area (Å²) in [5, 5.41) is 10.7. The molecule has 0 spiro atoms. The van der Waals surface area contributed by atoms with E-state index in [1.54, 1.807) is 0 Å². The summed E-state index contributed by atoms with van der Waals surface area (Å²) >= 11 is 0. The largest absolute Gasteiger partial charge is 0.469 e. The van der Waals surface area contributed by atoms with Gasteiger partial charge >= 0.3 is 5.97 Å². The van der Waals surface area contributed by atoms with Crippen LogP contribution in [0.25, 0.3) is 0 Å². The minimum atomic E-state index is -0.669. The fourth-order valence-electron chi connectivity index (χ4n) is 4.62. The summed E-state index contributed by atoms with van der Waals surface area (Å²) in [6, 6.07) is 0. The average Bonchev–Trinajstić information content (AvgIpc) is 3.33. The zero-order valence-electron chi connectivity index (χ0n) is 18.5. The number of carbonyl (C=O) groups excluding carboxylic acids is 2. The summed E-state index contributed by atoms with van der Waals surface area (Å²) in [6.07, 6.45) is 19.8. The first-order chi connectivity index (χ1) is 13.9. The van der Waals surface area contributed by atoms with Crippen molar-refractivity contribution < 1.29 is 19.4 Å². The van der Waals surface area contributed by atoms with Crippen LogP contribution in [0.4, 0.5) is 0 Å². The molecule has 0 aromatic rings. The van der Waals surface area contributed by atoms with Gasteiger partial charge in [0.15, 0.2) is 0 Å². The molecule has 0 aromatic heterocycles. The molecule has 0 heterocycles. The second-order valence-electron chi connectivity index (χ2n) is 9.19. The second-order valence-corrected chi connectivity index (χ2v) is 9.19. The monoisotopic (exact) mass is 404 g/mol. The molecule has 0 amide bonds. The Kier molecular flexibility index (Phi) is 10.1. The first-order valence-corrected chi connectivity index (χ1v) is 11.6. The number of hydrogen-bond acceptors (Lipinski definition) is 4. The van der Waals surface area contributed by atoms with Gasteiger partial charge in [-0.2, -0.15) is 0 Å². The molecule has 164 valence electrons. The molecule has 0 saturated heterocycles. The van der Waals surface area contributed by atoms with Crippen LogP contribution < -0.4 is 0 Å². The van der Waals surface area contributed by atoms with E-state index in [4.69, 9.17) is 0 Å². The molecule has 0 radical (unpaired) electrons. The molecule has 0 aromatic carbocycles. The van der Waals surface area contributed by atoms with Gasteiger partial charge in [-0.25, -0.2) is 0 Å². The molecule has 2 unspecified atom stereocenters. The Morgan fingerprint density at radius 3 is 2.79 bits per heavy atom. The number of allylic oxidation sites excluding steroid dienone is 3. The topological polar surface area (TPSA) is 63.6 Å². The molecule has 4 nitrogen and oxygen atoms in total. The predicted molar refractivity (Wildman–Crippen MR) is 116 cm³/mol. The van der Waals surface area contributed by atoms with Crippen molar-refractivity contribution in [3.63, 3.8) is 0 Å². The highest BCUT2D eigenvalue weighted by molar-refractivity contribution is 5.83. The van der Waals surface area contributed by atoms with Gasteiger partial charge in [-0.3, -0.25) is 9.59 Å². The van der Waals surface area contributed by atoms with Crippen molar-refractivity contribution in [2.75, 3.05) is 7.11 Å². The van der Waals surface area contributed by atoms with Gasteiger partial charge < -0.3 is 9.84 Å². The maximum Gasteiger partial charge on any atom is 0.305 e. The van der Waals surface area contributed by atoms with Gasteiger partial charge in [-0.1, -0.05) is 43.1 Å². The molecule has 2 aliphatic rings. The van der Waals surface area contributed by atoms with Gasteiger partial charge in [0, 0.05) is 18.8 Å². The number of aliphatic hydroxyl groups is 1. The summed E-state index contributed by atoms with van der Waals surface area (Å²) in [5.41, 5.74) is 0.833. The lowest BCUT2D eigenvalue weighted by Crippen LogP contribution is -2.23. The van der Waals surface area contributed by atoms with Crippen LogP contribution in [0.5, 0.6) is 0 Å². The number of ketones is 1. The highest BCUT2D eigenvalue weighted by Crippen LogP contribution is 2.34. The molecule has 0 bridgehead atoms. The van der Waals surface area contributed by atoms with E-state index in [0.29, 0.717) is 31.0 Å². The van der Waals surface area contributed by atoms with E-state index in [1.165, 1.54) is 31.9 Å². The first-order valence-electron chi connectivity index (χ1n) is 11.6. The van der Waals surface area contributed by atoms with Gasteiger partial charge in [0.1, 0.15) is 5.78 Å². The van der Waals surface area contributed by atoms with Crippen LogP contribution in [0.1, 0.15) is 96.8 Å². The van der Waals surface area contributed by atoms with E-state index in [9.17, 15) is 14.7 Å². The van der Waals surface area contributed by atoms with Crippen LogP contribution in [-0.2, 0) is 14.3 Å². The van der Waals surface area contributed by atoms with Crippen molar-refractivity contribution in [3.8, 4) is 0 Å². The normalized spacial score (nSPS) is 24.1. The molecule has 1 fully saturated rings. The SMILES string of the molecule is COC(=O)CCCCCC[C@H]1C(=O)CCC1/C=C/CC(C)(O)CCC1=CCCC1. The smallest absolute Gasteiger partial charge is 0.305 e. The summed E-state index contributed by atoms with van der Waals surface area (Å²) in [6.45, 7) is 1.93. The Morgan fingerprint density at radius 1 is 1.28 bits per heavy atom. The van der Waals surface area contributed by atoms with Crippen LogP contribution in [0.15, 0.2) is 23.8 Å². The van der Waals surface area contributed by atoms with E-state index in [1.807, 2.05) is 6.92 Å². The lowest BCUT2D eigenvalue weighted by molar-refractivity contribution is -0.140. The molecule has 1 N–H and O–H groups in total. The number of hydrogen-bond donors (Lipinski definition) is 1. The third-order valence-electron chi connectivity index (χ3n) is 6.59. The third kappa shape index (κ3) is 8.86. The summed E-state index contributed by atoms with van der Waals surface area (Å²) in [7, 11) is 1.42. The lowest BCUT2D eigenvalue weighted by Gasteiger charge is -2.22. The van der Waals surface area contributed by atoms with Gasteiger partial charge in [-0.15, -0.1) is 0 Å². The minimum Gasteiger partial charge on any atom is -0.469 e. The molecule has 2 rings (SSSR count). The van der Waals surface area contributed by atoms with Crippen LogP contribution in [0.2, 0.25) is 0 Å². The molecule has 2 aliphatic carbocycles. The van der Waals surface area contributed by atoms with Gasteiger partial charge in [0.25, 0.3) is 0 Å². The number of Topliss-reactive ketones (excluding diaryl/α,β-unsaturated/α-hetero) is 1. The fraction of sp³-hybridized carbons (Fsp3) is 0.760. The quantitative estimate of drug-likeness (QED) is 0.243. The van der Waals surface area contributed by atoms with Gasteiger partial charge in [-0.05, 0) is 70.6 Å². The highest BCUT2D eigenvalue weighted by atomic mass is 16.5. The zero-order valence-corrected chi connectivity index (χ0v) is 18.5. The number of rotatable bonds is 13. The highest BCUT2D eigenvalue weighted by Gasteiger charge is 2.32. The van der Waals surface area contributed by atoms with E-state index < -0.39 is 5.60 Å². The Balaban J connectivity index is 1.68. The summed E-state index contributed by atoms with van der Waals surface area (Å²) in [4.78, 5) is 23.4. The second kappa shape index (κ2) is 12.3. The molecule has 1 saturated carbocycles. The van der Waals surface area contributed by atoms with Crippen molar-refractivity contribution in [3.05, 3.63) is 23.8 Å². The fourth-order valence-corrected chi connectivity index (χ4v) is 4.62. The first kappa shape index (κ1) is 23.9. The van der Waals surface area contributed by atoms with E-state index in [0.717, 1.165) is 51.4 Å². The number of ether oxygens (including phenoxy) is 1. The Bertz CT molecular complexity index is 588. The maximum absolute atomic E-state index is 12.3. The van der Waals surface area contributed by atoms with Crippen LogP contribution in [-0.4, -0.2) is 29.6 Å². The maximum atomic E-state index is 12.3. The number of carbonyl (C=O) groups is 2. The predicted octanol–water partition coefficient (Wildman–Crippen LogP) is 5.68. The summed E-state index contributed by atoms with van der Waals surface area (Å²) in [5.74, 6) is 0.720. The van der Waals surface area contributed by atoms with Crippen LogP contribution in [0, 0.1) is 11.8 Å². The third-order valence-corrected chi connectivity index (χ3v) is 6.59. The van der Waals surface area contributed by atoms with Crippen molar-refractivity contribution in [1.29, 1.82) is 0 Å². The molecule has 0 aliphatic heterocycles. The van der Waals surface area contributed by atoms with Gasteiger partial charge in [0.2, 0.25) is 0 Å². The van der Waals surface area contributed by atoms with Gasteiger partial charge in [0.05, 0.1) is 12.7 Å². The number of methoxy groups -OCH3 is 1. The van der Waals surface area contributed by atoms with Crippen molar-refractivity contribution >= 4 is 11.8 Å². The number of unbranched alkanes of at least 4 members (excludes halogenated alkanes) is 3. The summed E-state index contributed by atoms with van der Waals surface area (Å²) < 4.78 is 4.66. The van der Waals surface area contributed by atoms with Crippen LogP contribution in [0.3, 0.4) is 0 Å². The van der Waals surface area contributed by atoms with Crippen molar-refractivity contribution in [2.24, 2.45) is 11.8 Å². The van der Waals surface area contributed by atoms with E-state index >= 15 is 0 Å². The van der Waals surface area contributed by atoms with Crippen molar-refractivity contribution in [2.45, 2.75) is 102 Å². The molecular weight excluding hydrogens is 364 g/mol. The number of esters is 1. The Morgan fingerprint density at radius 2 is 2.07 bits per heavy atom. The Hall–Kier alpha value is -1.42. The molecular formula is C25H40O4. The minimum absolute atomic E-state index is 0.139. The zero-order chi connectivity index (χ0) is 21.1. The van der Waals surface area contributed by atoms with Crippen LogP contribution >= 0.6 is 0 Å². The van der Waals surface area contributed by atoms with E-state index in [2.05, 4.69) is 23.0 Å². The molecule has 3 atom stereocenters. The molecule has 4 heteroatoms.